The van der Waals surface area contributed by atoms with Crippen LogP contribution in [-0.4, -0.2) is 65.8 Å². The van der Waals surface area contributed by atoms with Gasteiger partial charge < -0.3 is 10.8 Å². The molecule has 1 saturated carbocycles. The summed E-state index contributed by atoms with van der Waals surface area (Å²) < 4.78 is 0. The van der Waals surface area contributed by atoms with Crippen molar-refractivity contribution in [2.24, 2.45) is 5.73 Å². The molecule has 1 saturated heterocycles. The molecule has 94 valence electrons. The second-order valence-corrected chi connectivity index (χ2v) is 5.13. The first kappa shape index (κ1) is 12.3. The molecule has 2 aliphatic rings. The molecule has 0 aromatic heterocycles. The summed E-state index contributed by atoms with van der Waals surface area (Å²) in [4.78, 5) is 4.95. The van der Waals surface area contributed by atoms with Gasteiger partial charge in [0, 0.05) is 44.3 Å². The third kappa shape index (κ3) is 2.74. The van der Waals surface area contributed by atoms with Crippen LogP contribution in [0.3, 0.4) is 0 Å². The molecule has 0 bridgehead atoms. The predicted molar refractivity (Wildman–Crippen MR) is 65.3 cm³/mol. The smallest absolute Gasteiger partial charge is 0.0601 e. The second kappa shape index (κ2) is 5.45. The van der Waals surface area contributed by atoms with E-state index in [2.05, 4.69) is 16.7 Å². The first-order valence-corrected chi connectivity index (χ1v) is 6.60. The molecule has 2 rings (SSSR count). The third-order valence-electron chi connectivity index (χ3n) is 4.03. The molecule has 0 amide bonds. The van der Waals surface area contributed by atoms with Crippen LogP contribution in [0.4, 0.5) is 0 Å². The summed E-state index contributed by atoms with van der Waals surface area (Å²) >= 11 is 0. The summed E-state index contributed by atoms with van der Waals surface area (Å²) in [5.41, 5.74) is 6.05. The van der Waals surface area contributed by atoms with Crippen molar-refractivity contribution in [3.05, 3.63) is 0 Å². The quantitative estimate of drug-likeness (QED) is 0.687. The van der Waals surface area contributed by atoms with E-state index in [0.29, 0.717) is 0 Å². The Balaban J connectivity index is 1.81. The SMILES string of the molecule is CCC(N)C(CO)N1CCN(C2CC2)CC1. The van der Waals surface area contributed by atoms with Gasteiger partial charge in [0.05, 0.1) is 6.61 Å². The van der Waals surface area contributed by atoms with Crippen LogP contribution in [0.15, 0.2) is 0 Å². The topological polar surface area (TPSA) is 52.7 Å². The number of hydrogen-bond donors (Lipinski definition) is 2. The monoisotopic (exact) mass is 227 g/mol. The summed E-state index contributed by atoms with van der Waals surface area (Å²) in [6.45, 7) is 6.71. The van der Waals surface area contributed by atoms with E-state index in [1.807, 2.05) is 0 Å². The van der Waals surface area contributed by atoms with Crippen LogP contribution in [0.1, 0.15) is 26.2 Å². The van der Waals surface area contributed by atoms with Crippen molar-refractivity contribution in [1.29, 1.82) is 0 Å². The maximum absolute atomic E-state index is 9.43. The maximum atomic E-state index is 9.43. The maximum Gasteiger partial charge on any atom is 0.0601 e. The number of rotatable bonds is 5. The lowest BCUT2D eigenvalue weighted by Crippen LogP contribution is -2.57. The minimum absolute atomic E-state index is 0.109. The lowest BCUT2D eigenvalue weighted by molar-refractivity contribution is 0.0501. The van der Waals surface area contributed by atoms with Crippen LogP contribution in [-0.2, 0) is 0 Å². The van der Waals surface area contributed by atoms with Gasteiger partial charge in [-0.05, 0) is 19.3 Å². The molecule has 1 aliphatic carbocycles. The zero-order chi connectivity index (χ0) is 11.5. The fourth-order valence-electron chi connectivity index (χ4n) is 2.67. The zero-order valence-corrected chi connectivity index (χ0v) is 10.3. The Morgan fingerprint density at radius 1 is 1.25 bits per heavy atom. The van der Waals surface area contributed by atoms with Crippen LogP contribution < -0.4 is 5.73 Å². The van der Waals surface area contributed by atoms with Gasteiger partial charge in [-0.1, -0.05) is 6.92 Å². The van der Waals surface area contributed by atoms with Crippen molar-refractivity contribution in [3.8, 4) is 0 Å². The summed E-state index contributed by atoms with van der Waals surface area (Å²) in [6, 6.07) is 1.14. The first-order valence-electron chi connectivity index (χ1n) is 6.60. The Morgan fingerprint density at radius 2 is 1.88 bits per heavy atom. The average Bonchev–Trinajstić information content (AvgIpc) is 3.14. The van der Waals surface area contributed by atoms with E-state index in [-0.39, 0.29) is 18.7 Å². The number of nitrogens with two attached hydrogens (primary N) is 1. The summed E-state index contributed by atoms with van der Waals surface area (Å²) in [7, 11) is 0. The van der Waals surface area contributed by atoms with Crippen molar-refractivity contribution in [2.45, 2.75) is 44.3 Å². The molecule has 2 unspecified atom stereocenters. The minimum Gasteiger partial charge on any atom is -0.395 e. The molecule has 2 atom stereocenters. The molecule has 0 spiro atoms. The van der Waals surface area contributed by atoms with Crippen molar-refractivity contribution >= 4 is 0 Å². The molecule has 4 heteroatoms. The Hall–Kier alpha value is -0.160. The summed E-state index contributed by atoms with van der Waals surface area (Å²) in [6.07, 6.45) is 3.71. The highest BCUT2D eigenvalue weighted by atomic mass is 16.3. The Labute approximate surface area is 98.4 Å². The van der Waals surface area contributed by atoms with Gasteiger partial charge in [-0.25, -0.2) is 0 Å². The van der Waals surface area contributed by atoms with Crippen LogP contribution >= 0.6 is 0 Å². The van der Waals surface area contributed by atoms with Gasteiger partial charge in [0.15, 0.2) is 0 Å². The molecular formula is C12H25N3O. The molecule has 0 radical (unpaired) electrons. The molecule has 0 aromatic carbocycles. The third-order valence-corrected chi connectivity index (χ3v) is 4.03. The molecule has 1 aliphatic heterocycles. The number of piperazine rings is 1. The Kier molecular flexibility index (Phi) is 4.19. The van der Waals surface area contributed by atoms with E-state index in [0.717, 1.165) is 38.6 Å². The molecule has 16 heavy (non-hydrogen) atoms. The summed E-state index contributed by atoms with van der Waals surface area (Å²) in [5, 5.41) is 9.43. The lowest BCUT2D eigenvalue weighted by atomic mass is 10.0. The fraction of sp³-hybridized carbons (Fsp3) is 1.00. The van der Waals surface area contributed by atoms with Crippen molar-refractivity contribution in [1.82, 2.24) is 9.80 Å². The van der Waals surface area contributed by atoms with Crippen LogP contribution in [0.25, 0.3) is 0 Å². The molecule has 4 nitrogen and oxygen atoms in total. The van der Waals surface area contributed by atoms with Gasteiger partial charge >= 0.3 is 0 Å². The largest absolute Gasteiger partial charge is 0.395 e. The fourth-order valence-corrected chi connectivity index (χ4v) is 2.67. The zero-order valence-electron chi connectivity index (χ0n) is 10.3. The van der Waals surface area contributed by atoms with E-state index >= 15 is 0 Å². The van der Waals surface area contributed by atoms with E-state index in [4.69, 9.17) is 5.73 Å². The highest BCUT2D eigenvalue weighted by Gasteiger charge is 2.33. The van der Waals surface area contributed by atoms with Crippen molar-refractivity contribution in [3.63, 3.8) is 0 Å². The molecule has 0 aromatic rings. The average molecular weight is 227 g/mol. The van der Waals surface area contributed by atoms with Gasteiger partial charge in [0.1, 0.15) is 0 Å². The van der Waals surface area contributed by atoms with Gasteiger partial charge in [-0.3, -0.25) is 9.80 Å². The molecule has 1 heterocycles. The van der Waals surface area contributed by atoms with Gasteiger partial charge in [0.2, 0.25) is 0 Å². The van der Waals surface area contributed by atoms with E-state index in [1.165, 1.54) is 12.8 Å². The van der Waals surface area contributed by atoms with E-state index < -0.39 is 0 Å². The molecule has 2 fully saturated rings. The van der Waals surface area contributed by atoms with Crippen molar-refractivity contribution < 1.29 is 5.11 Å². The number of hydrogen-bond acceptors (Lipinski definition) is 4. The number of nitrogens with zero attached hydrogens (tertiary/aromatic N) is 2. The normalized spacial score (nSPS) is 27.9. The minimum atomic E-state index is 0.109. The van der Waals surface area contributed by atoms with Crippen LogP contribution in [0.5, 0.6) is 0 Å². The number of aliphatic hydroxyl groups excluding tert-OH is 1. The van der Waals surface area contributed by atoms with Crippen LogP contribution in [0, 0.1) is 0 Å². The van der Waals surface area contributed by atoms with E-state index in [9.17, 15) is 5.11 Å². The highest BCUT2D eigenvalue weighted by Crippen LogP contribution is 2.27. The Bertz CT molecular complexity index is 212. The standard InChI is InChI=1S/C12H25N3O/c1-2-11(13)12(9-16)15-7-5-14(6-8-15)10-3-4-10/h10-12,16H,2-9,13H2,1H3. The van der Waals surface area contributed by atoms with Gasteiger partial charge in [-0.2, -0.15) is 0 Å². The molecular weight excluding hydrogens is 202 g/mol. The first-order chi connectivity index (χ1) is 7.76. The van der Waals surface area contributed by atoms with Gasteiger partial charge in [0.25, 0.3) is 0 Å². The predicted octanol–water partition coefficient (Wildman–Crippen LogP) is -0.135. The van der Waals surface area contributed by atoms with Gasteiger partial charge in [-0.15, -0.1) is 0 Å². The molecule has 3 N–H and O–H groups in total. The Morgan fingerprint density at radius 3 is 2.31 bits per heavy atom. The lowest BCUT2D eigenvalue weighted by Gasteiger charge is -2.40. The van der Waals surface area contributed by atoms with E-state index in [1.54, 1.807) is 0 Å². The van der Waals surface area contributed by atoms with Crippen LogP contribution in [0.2, 0.25) is 0 Å². The highest BCUT2D eigenvalue weighted by molar-refractivity contribution is 4.90. The summed E-state index contributed by atoms with van der Waals surface area (Å²) in [5.74, 6) is 0. The van der Waals surface area contributed by atoms with Crippen molar-refractivity contribution in [2.75, 3.05) is 32.8 Å². The number of aliphatic hydroxyl groups is 1. The second-order valence-electron chi connectivity index (χ2n) is 5.13.